The zero-order valence-corrected chi connectivity index (χ0v) is 15.5. The molecule has 3 aromatic rings. The summed E-state index contributed by atoms with van der Waals surface area (Å²) in [6.45, 7) is 8.22. The van der Waals surface area contributed by atoms with Crippen molar-refractivity contribution in [2.24, 2.45) is 0 Å². The smallest absolute Gasteiger partial charge is 0.495 e. The van der Waals surface area contributed by atoms with Crippen LogP contribution in [-0.2, 0) is 9.31 Å². The van der Waals surface area contributed by atoms with Crippen LogP contribution in [0.3, 0.4) is 0 Å². The molecule has 1 fully saturated rings. The van der Waals surface area contributed by atoms with Gasteiger partial charge in [-0.05, 0) is 74.3 Å². The van der Waals surface area contributed by atoms with E-state index in [9.17, 15) is 5.11 Å². The molecule has 4 rings (SSSR count). The Balaban J connectivity index is 1.76. The van der Waals surface area contributed by atoms with Crippen LogP contribution in [0.15, 0.2) is 54.7 Å². The Kier molecular flexibility index (Phi) is 3.83. The number of hydrogen-bond acceptors (Lipinski definition) is 4. The fraction of sp³-hybridized carbons (Fsp3) is 0.286. The van der Waals surface area contributed by atoms with Gasteiger partial charge >= 0.3 is 7.12 Å². The predicted molar refractivity (Wildman–Crippen MR) is 105 cm³/mol. The lowest BCUT2D eigenvalue weighted by atomic mass is 9.76. The minimum Gasteiger partial charge on any atom is -0.508 e. The van der Waals surface area contributed by atoms with Crippen molar-refractivity contribution < 1.29 is 14.4 Å². The van der Waals surface area contributed by atoms with Crippen LogP contribution in [0.5, 0.6) is 5.75 Å². The highest BCUT2D eigenvalue weighted by atomic mass is 16.7. The number of phenols is 1. The van der Waals surface area contributed by atoms with E-state index < -0.39 is 7.12 Å². The molecular formula is C21H22BNO3. The van der Waals surface area contributed by atoms with Gasteiger partial charge in [-0.15, -0.1) is 0 Å². The third-order valence-electron chi connectivity index (χ3n) is 5.47. The molecule has 0 atom stereocenters. The van der Waals surface area contributed by atoms with E-state index in [0.29, 0.717) is 0 Å². The van der Waals surface area contributed by atoms with Gasteiger partial charge in [0.25, 0.3) is 0 Å². The van der Waals surface area contributed by atoms with Gasteiger partial charge < -0.3 is 14.4 Å². The van der Waals surface area contributed by atoms with Crippen LogP contribution >= 0.6 is 0 Å². The number of nitrogens with zero attached hydrogens (tertiary/aromatic N) is 1. The fourth-order valence-corrected chi connectivity index (χ4v) is 3.16. The molecule has 1 N–H and O–H groups in total. The quantitative estimate of drug-likeness (QED) is 0.714. The van der Waals surface area contributed by atoms with Crippen LogP contribution in [0.1, 0.15) is 27.7 Å². The Hall–Kier alpha value is -2.37. The van der Waals surface area contributed by atoms with E-state index >= 15 is 0 Å². The summed E-state index contributed by atoms with van der Waals surface area (Å²) in [5, 5.41) is 11.6. The van der Waals surface area contributed by atoms with Crippen molar-refractivity contribution in [2.75, 3.05) is 0 Å². The van der Waals surface area contributed by atoms with Crippen molar-refractivity contribution in [3.05, 3.63) is 54.7 Å². The Morgan fingerprint density at radius 2 is 1.58 bits per heavy atom. The van der Waals surface area contributed by atoms with Gasteiger partial charge in [0, 0.05) is 11.8 Å². The number of aromatic hydroxyl groups is 1. The number of rotatable bonds is 2. The molecule has 26 heavy (non-hydrogen) atoms. The first-order valence-corrected chi connectivity index (χ1v) is 8.81. The van der Waals surface area contributed by atoms with Crippen LogP contribution in [0.2, 0.25) is 0 Å². The summed E-state index contributed by atoms with van der Waals surface area (Å²) in [6, 6.07) is 15.2. The topological polar surface area (TPSA) is 51.6 Å². The first-order chi connectivity index (χ1) is 12.3. The molecule has 0 spiro atoms. The molecule has 4 nitrogen and oxygen atoms in total. The van der Waals surface area contributed by atoms with Gasteiger partial charge in [0.15, 0.2) is 0 Å². The number of fused-ring (bicyclic) bond motifs is 1. The van der Waals surface area contributed by atoms with Crippen molar-refractivity contribution in [1.82, 2.24) is 4.98 Å². The van der Waals surface area contributed by atoms with Crippen molar-refractivity contribution in [1.29, 1.82) is 0 Å². The van der Waals surface area contributed by atoms with E-state index in [2.05, 4.69) is 44.8 Å². The SMILES string of the molecule is CC1(C)OB(c2cccc3cc(-c4ccc(O)cc4)ncc23)OC1(C)C. The first kappa shape index (κ1) is 17.1. The van der Waals surface area contributed by atoms with Gasteiger partial charge in [-0.1, -0.05) is 18.2 Å². The van der Waals surface area contributed by atoms with E-state index in [-0.39, 0.29) is 17.0 Å². The van der Waals surface area contributed by atoms with E-state index in [1.54, 1.807) is 12.1 Å². The van der Waals surface area contributed by atoms with Crippen LogP contribution in [-0.4, -0.2) is 28.4 Å². The van der Waals surface area contributed by atoms with Crippen molar-refractivity contribution >= 4 is 23.4 Å². The van der Waals surface area contributed by atoms with Crippen LogP contribution in [0.25, 0.3) is 22.0 Å². The van der Waals surface area contributed by atoms with Crippen molar-refractivity contribution in [2.45, 2.75) is 38.9 Å². The van der Waals surface area contributed by atoms with Gasteiger partial charge in [0.1, 0.15) is 5.75 Å². The third-order valence-corrected chi connectivity index (χ3v) is 5.47. The molecule has 0 aliphatic carbocycles. The molecule has 1 saturated heterocycles. The molecule has 0 unspecified atom stereocenters. The second-order valence-electron chi connectivity index (χ2n) is 7.77. The highest BCUT2D eigenvalue weighted by Gasteiger charge is 2.52. The molecule has 1 aromatic heterocycles. The van der Waals surface area contributed by atoms with Gasteiger partial charge in [-0.25, -0.2) is 0 Å². The third kappa shape index (κ3) is 2.77. The zero-order chi connectivity index (χ0) is 18.5. The van der Waals surface area contributed by atoms with Crippen LogP contribution in [0.4, 0.5) is 0 Å². The highest BCUT2D eigenvalue weighted by Crippen LogP contribution is 2.37. The highest BCUT2D eigenvalue weighted by molar-refractivity contribution is 6.65. The summed E-state index contributed by atoms with van der Waals surface area (Å²) >= 11 is 0. The second-order valence-corrected chi connectivity index (χ2v) is 7.77. The predicted octanol–water partition coefficient (Wildman–Crippen LogP) is 3.91. The standard InChI is InChI=1S/C21H22BNO3/c1-20(2)21(3,4)26-22(25-20)18-7-5-6-15-12-19(23-13-17(15)18)14-8-10-16(24)11-9-14/h5-13,24H,1-4H3. The summed E-state index contributed by atoms with van der Waals surface area (Å²) in [4.78, 5) is 4.62. The van der Waals surface area contributed by atoms with E-state index in [1.165, 1.54) is 0 Å². The molecule has 0 bridgehead atoms. The van der Waals surface area contributed by atoms with Gasteiger partial charge in [0.05, 0.1) is 16.9 Å². The Morgan fingerprint density at radius 1 is 0.923 bits per heavy atom. The number of aromatic nitrogens is 1. The number of hydrogen-bond donors (Lipinski definition) is 1. The number of benzene rings is 2. The van der Waals surface area contributed by atoms with Crippen LogP contribution in [0, 0.1) is 0 Å². The normalized spacial score (nSPS) is 18.4. The maximum Gasteiger partial charge on any atom is 0.495 e. The molecule has 132 valence electrons. The Morgan fingerprint density at radius 3 is 2.23 bits per heavy atom. The number of pyridine rings is 1. The Bertz CT molecular complexity index is 951. The van der Waals surface area contributed by atoms with Crippen molar-refractivity contribution in [3.8, 4) is 17.0 Å². The summed E-state index contributed by atoms with van der Waals surface area (Å²) in [5.41, 5.74) is 2.07. The molecule has 0 radical (unpaired) electrons. The summed E-state index contributed by atoms with van der Waals surface area (Å²) in [6.07, 6.45) is 1.87. The summed E-state index contributed by atoms with van der Waals surface area (Å²) in [7, 11) is -0.412. The molecule has 1 aliphatic rings. The lowest BCUT2D eigenvalue weighted by Crippen LogP contribution is -2.41. The first-order valence-electron chi connectivity index (χ1n) is 8.81. The molecular weight excluding hydrogens is 325 g/mol. The monoisotopic (exact) mass is 347 g/mol. The molecule has 0 saturated carbocycles. The maximum atomic E-state index is 9.47. The average Bonchev–Trinajstić information content (AvgIpc) is 2.82. The average molecular weight is 347 g/mol. The Labute approximate surface area is 153 Å². The van der Waals surface area contributed by atoms with E-state index in [1.807, 2.05) is 30.5 Å². The van der Waals surface area contributed by atoms with E-state index in [4.69, 9.17) is 9.31 Å². The van der Waals surface area contributed by atoms with Gasteiger partial charge in [0.2, 0.25) is 0 Å². The van der Waals surface area contributed by atoms with Gasteiger partial charge in [-0.2, -0.15) is 0 Å². The summed E-state index contributed by atoms with van der Waals surface area (Å²) in [5.74, 6) is 0.248. The van der Waals surface area contributed by atoms with Gasteiger partial charge in [-0.3, -0.25) is 4.98 Å². The largest absolute Gasteiger partial charge is 0.508 e. The lowest BCUT2D eigenvalue weighted by molar-refractivity contribution is 0.00578. The molecule has 1 aliphatic heterocycles. The van der Waals surface area contributed by atoms with Crippen LogP contribution < -0.4 is 5.46 Å². The fourth-order valence-electron chi connectivity index (χ4n) is 3.16. The molecule has 0 amide bonds. The van der Waals surface area contributed by atoms with Crippen molar-refractivity contribution in [3.63, 3.8) is 0 Å². The second kappa shape index (κ2) is 5.83. The minimum absolute atomic E-state index is 0.248. The molecule has 2 heterocycles. The zero-order valence-electron chi connectivity index (χ0n) is 15.5. The van der Waals surface area contributed by atoms with E-state index in [0.717, 1.165) is 27.5 Å². The lowest BCUT2D eigenvalue weighted by Gasteiger charge is -2.32. The summed E-state index contributed by atoms with van der Waals surface area (Å²) < 4.78 is 12.4. The molecule has 5 heteroatoms. The minimum atomic E-state index is -0.412. The number of phenolic OH excluding ortho intramolecular Hbond substituents is 1. The molecule has 2 aromatic carbocycles. The maximum absolute atomic E-state index is 9.47.